The number of ether oxygens (including phenoxy) is 2. The second kappa shape index (κ2) is 6.85. The number of thioether (sulfide) groups is 1. The van der Waals surface area contributed by atoms with E-state index in [1.54, 1.807) is 18.9 Å². The van der Waals surface area contributed by atoms with E-state index in [4.69, 9.17) is 14.6 Å². The highest BCUT2D eigenvalue weighted by atomic mass is 32.2. The van der Waals surface area contributed by atoms with Crippen LogP contribution in [0.4, 0.5) is 0 Å². The summed E-state index contributed by atoms with van der Waals surface area (Å²) in [6.45, 7) is 2.69. The van der Waals surface area contributed by atoms with Gasteiger partial charge in [-0.3, -0.25) is 10.1 Å². The summed E-state index contributed by atoms with van der Waals surface area (Å²) < 4.78 is 10.9. The third-order valence-corrected chi connectivity index (χ3v) is 4.30. The van der Waals surface area contributed by atoms with Gasteiger partial charge in [0.05, 0.1) is 19.1 Å². The zero-order valence-corrected chi connectivity index (χ0v) is 12.4. The number of hydrogen-bond donors (Lipinski definition) is 2. The molecule has 0 spiro atoms. The van der Waals surface area contributed by atoms with Crippen molar-refractivity contribution < 1.29 is 19.4 Å². The highest BCUT2D eigenvalue weighted by Gasteiger charge is 2.30. The van der Waals surface area contributed by atoms with Crippen molar-refractivity contribution in [3.63, 3.8) is 0 Å². The maximum Gasteiger partial charge on any atom is 0.321 e. The summed E-state index contributed by atoms with van der Waals surface area (Å²) in [5.41, 5.74) is 0.999. The highest BCUT2D eigenvalue weighted by molar-refractivity contribution is 7.99. The SMILES string of the molecule is CCCOc1ccc(C2NC(C(=O)O)CS2)cc1OC. The fraction of sp³-hybridized carbons (Fsp3) is 0.500. The fourth-order valence-corrected chi connectivity index (χ4v) is 3.21. The Morgan fingerprint density at radius 1 is 1.50 bits per heavy atom. The minimum Gasteiger partial charge on any atom is -0.493 e. The molecular weight excluding hydrogens is 278 g/mol. The number of carboxylic acid groups (broad SMARTS) is 1. The number of nitrogens with one attached hydrogen (secondary N) is 1. The molecule has 2 atom stereocenters. The van der Waals surface area contributed by atoms with E-state index in [2.05, 4.69) is 5.32 Å². The molecule has 1 saturated heterocycles. The molecule has 1 aliphatic rings. The third kappa shape index (κ3) is 3.37. The van der Waals surface area contributed by atoms with Gasteiger partial charge < -0.3 is 14.6 Å². The van der Waals surface area contributed by atoms with Crippen LogP contribution in [-0.4, -0.2) is 36.6 Å². The van der Waals surface area contributed by atoms with Crippen molar-refractivity contribution in [1.82, 2.24) is 5.32 Å². The van der Waals surface area contributed by atoms with Crippen LogP contribution >= 0.6 is 11.8 Å². The molecule has 1 aromatic rings. The summed E-state index contributed by atoms with van der Waals surface area (Å²) in [4.78, 5) is 11.0. The highest BCUT2D eigenvalue weighted by Crippen LogP contribution is 2.37. The fourth-order valence-electron chi connectivity index (χ4n) is 1.98. The maximum atomic E-state index is 11.0. The van der Waals surface area contributed by atoms with E-state index in [-0.39, 0.29) is 5.37 Å². The molecule has 6 heteroatoms. The normalized spacial score (nSPS) is 21.7. The Balaban J connectivity index is 2.11. The first-order valence-corrected chi connectivity index (χ1v) is 7.61. The molecule has 110 valence electrons. The van der Waals surface area contributed by atoms with E-state index in [9.17, 15) is 4.79 Å². The molecule has 0 aliphatic carbocycles. The summed E-state index contributed by atoms with van der Waals surface area (Å²) in [6, 6.07) is 5.23. The first kappa shape index (κ1) is 15.0. The summed E-state index contributed by atoms with van der Waals surface area (Å²) in [5.74, 6) is 1.15. The van der Waals surface area contributed by atoms with E-state index in [1.165, 1.54) is 0 Å². The van der Waals surface area contributed by atoms with Crippen molar-refractivity contribution >= 4 is 17.7 Å². The van der Waals surface area contributed by atoms with E-state index < -0.39 is 12.0 Å². The Bertz CT molecular complexity index is 480. The average molecular weight is 297 g/mol. The van der Waals surface area contributed by atoms with Gasteiger partial charge in [-0.25, -0.2) is 0 Å². The van der Waals surface area contributed by atoms with Gasteiger partial charge in [-0.05, 0) is 24.1 Å². The second-order valence-corrected chi connectivity index (χ2v) is 5.67. The van der Waals surface area contributed by atoms with Gasteiger partial charge in [0.15, 0.2) is 11.5 Å². The van der Waals surface area contributed by atoms with Gasteiger partial charge in [0.1, 0.15) is 6.04 Å². The van der Waals surface area contributed by atoms with Crippen LogP contribution in [0, 0.1) is 0 Å². The van der Waals surface area contributed by atoms with Gasteiger partial charge in [-0.2, -0.15) is 0 Å². The standard InChI is InChI=1S/C14H19NO4S/c1-3-6-19-11-5-4-9(7-12(11)18-2)13-15-10(8-20-13)14(16)17/h4-5,7,10,13,15H,3,6,8H2,1-2H3,(H,16,17). The molecule has 1 heterocycles. The number of hydrogen-bond acceptors (Lipinski definition) is 5. The van der Waals surface area contributed by atoms with Crippen molar-refractivity contribution in [1.29, 1.82) is 0 Å². The van der Waals surface area contributed by atoms with Crippen LogP contribution in [-0.2, 0) is 4.79 Å². The number of rotatable bonds is 6. The first-order chi connectivity index (χ1) is 9.65. The van der Waals surface area contributed by atoms with Crippen LogP contribution in [0.25, 0.3) is 0 Å². The minimum absolute atomic E-state index is 0.0229. The first-order valence-electron chi connectivity index (χ1n) is 6.57. The Labute approximate surface area is 122 Å². The van der Waals surface area contributed by atoms with Gasteiger partial charge >= 0.3 is 5.97 Å². The molecule has 0 radical (unpaired) electrons. The number of aliphatic carboxylic acids is 1. The van der Waals surface area contributed by atoms with Crippen LogP contribution in [0.2, 0.25) is 0 Å². The molecular formula is C14H19NO4S. The Morgan fingerprint density at radius 2 is 2.30 bits per heavy atom. The lowest BCUT2D eigenvalue weighted by Gasteiger charge is -2.15. The smallest absolute Gasteiger partial charge is 0.321 e. The summed E-state index contributed by atoms with van der Waals surface area (Å²) in [7, 11) is 1.60. The lowest BCUT2D eigenvalue weighted by molar-refractivity contribution is -0.138. The van der Waals surface area contributed by atoms with Gasteiger partial charge in [0.25, 0.3) is 0 Å². The molecule has 0 saturated carbocycles. The molecule has 1 aliphatic heterocycles. The Hall–Kier alpha value is -1.40. The van der Waals surface area contributed by atoms with Crippen molar-refractivity contribution in [3.8, 4) is 11.5 Å². The zero-order valence-electron chi connectivity index (χ0n) is 11.6. The Morgan fingerprint density at radius 3 is 2.90 bits per heavy atom. The predicted molar refractivity (Wildman–Crippen MR) is 78.5 cm³/mol. The van der Waals surface area contributed by atoms with Crippen LogP contribution in [0.3, 0.4) is 0 Å². The largest absolute Gasteiger partial charge is 0.493 e. The second-order valence-electron chi connectivity index (χ2n) is 4.53. The molecule has 1 aromatic carbocycles. The number of methoxy groups -OCH3 is 1. The van der Waals surface area contributed by atoms with Crippen molar-refractivity contribution in [2.75, 3.05) is 19.5 Å². The molecule has 5 nitrogen and oxygen atoms in total. The van der Waals surface area contributed by atoms with Gasteiger partial charge in [0.2, 0.25) is 0 Å². The topological polar surface area (TPSA) is 67.8 Å². The van der Waals surface area contributed by atoms with Crippen molar-refractivity contribution in [3.05, 3.63) is 23.8 Å². The molecule has 2 unspecified atom stereocenters. The van der Waals surface area contributed by atoms with Gasteiger partial charge in [-0.1, -0.05) is 13.0 Å². The van der Waals surface area contributed by atoms with Crippen LogP contribution in [0.15, 0.2) is 18.2 Å². The van der Waals surface area contributed by atoms with Crippen molar-refractivity contribution in [2.45, 2.75) is 24.8 Å². The number of benzene rings is 1. The number of carboxylic acids is 1. The van der Waals surface area contributed by atoms with Crippen LogP contribution in [0.1, 0.15) is 24.3 Å². The molecule has 1 fully saturated rings. The monoisotopic (exact) mass is 297 g/mol. The lowest BCUT2D eigenvalue weighted by Crippen LogP contribution is -2.33. The molecule has 20 heavy (non-hydrogen) atoms. The molecule has 0 bridgehead atoms. The van der Waals surface area contributed by atoms with E-state index >= 15 is 0 Å². The van der Waals surface area contributed by atoms with E-state index in [0.717, 1.165) is 17.7 Å². The summed E-state index contributed by atoms with van der Waals surface area (Å²) in [5, 5.41) is 12.1. The molecule has 2 rings (SSSR count). The maximum absolute atomic E-state index is 11.0. The van der Waals surface area contributed by atoms with Gasteiger partial charge in [-0.15, -0.1) is 11.8 Å². The summed E-state index contributed by atoms with van der Waals surface area (Å²) in [6.07, 6.45) is 0.936. The Kier molecular flexibility index (Phi) is 5.14. The molecule has 0 aromatic heterocycles. The predicted octanol–water partition coefficient (Wildman–Crippen LogP) is 2.27. The minimum atomic E-state index is -0.810. The molecule has 2 N–H and O–H groups in total. The van der Waals surface area contributed by atoms with Crippen molar-refractivity contribution in [2.24, 2.45) is 0 Å². The van der Waals surface area contributed by atoms with Crippen LogP contribution in [0.5, 0.6) is 11.5 Å². The number of carbonyl (C=O) groups is 1. The van der Waals surface area contributed by atoms with Gasteiger partial charge in [0, 0.05) is 5.75 Å². The lowest BCUT2D eigenvalue weighted by atomic mass is 10.2. The molecule has 0 amide bonds. The summed E-state index contributed by atoms with van der Waals surface area (Å²) >= 11 is 1.59. The van der Waals surface area contributed by atoms with E-state index in [0.29, 0.717) is 18.1 Å². The van der Waals surface area contributed by atoms with E-state index in [1.807, 2.05) is 25.1 Å². The van der Waals surface area contributed by atoms with Crippen LogP contribution < -0.4 is 14.8 Å². The third-order valence-electron chi connectivity index (χ3n) is 3.03. The zero-order chi connectivity index (χ0) is 14.5. The quantitative estimate of drug-likeness (QED) is 0.839. The average Bonchev–Trinajstić information content (AvgIpc) is 2.95.